The molecule has 0 bridgehead atoms. The van der Waals surface area contributed by atoms with Crippen molar-refractivity contribution < 1.29 is 35.8 Å². The highest BCUT2D eigenvalue weighted by molar-refractivity contribution is 7.81. The number of hydrogen-bond acceptors (Lipinski definition) is 3. The minimum Gasteiger partial charge on any atom is -0.496 e. The fourth-order valence-electron chi connectivity index (χ4n) is 8.24. The van der Waals surface area contributed by atoms with Gasteiger partial charge in [-0.3, -0.25) is 0 Å². The maximum absolute atomic E-state index is 14.2. The Hall–Kier alpha value is -3.51. The van der Waals surface area contributed by atoms with Crippen LogP contribution < -0.4 is 36.0 Å². The van der Waals surface area contributed by atoms with Gasteiger partial charge in [-0.05, 0) is 122 Å². The topological polar surface area (TPSA) is 18.5 Å². The van der Waals surface area contributed by atoms with Crippen molar-refractivity contribution in [1.29, 1.82) is 0 Å². The van der Waals surface area contributed by atoms with E-state index in [0.29, 0.717) is 22.6 Å². The molecule has 0 amide bonds. The molecule has 0 N–H and O–H groups in total. The zero-order chi connectivity index (χ0) is 39.7. The third-order valence-corrected chi connectivity index (χ3v) is 16.6. The van der Waals surface area contributed by atoms with E-state index in [-0.39, 0.29) is 28.7 Å². The van der Waals surface area contributed by atoms with Crippen molar-refractivity contribution in [2.24, 2.45) is 11.8 Å². The number of benzene rings is 5. The second-order valence-corrected chi connectivity index (χ2v) is 19.6. The average Bonchev–Trinajstić information content (AvgIpc) is 3.56. The highest BCUT2D eigenvalue weighted by atomic mass is 32.1. The van der Waals surface area contributed by atoms with Crippen LogP contribution >= 0.6 is 28.5 Å². The standard InChI is InChI=1S/C44H44F6O2P2S/c1-27-21-31(44(48,49)50)24-33(22-27)53(32-14-12-13-30(23-32)43(45,46)47)29(3)37-26-34(55)25-36(37)28(2)35-15-6-9-18-40(35)54(41-19-10-7-16-38(41)51-4)42-20-11-8-17-39(42)52-5/h6-24,28-29,34,36-37,55H,25-26H2,1-5H3. The summed E-state index contributed by atoms with van der Waals surface area (Å²) in [6, 6.07) is 33.4. The van der Waals surface area contributed by atoms with Gasteiger partial charge in [-0.2, -0.15) is 39.0 Å². The summed E-state index contributed by atoms with van der Waals surface area (Å²) in [4.78, 5) is 0. The van der Waals surface area contributed by atoms with Gasteiger partial charge in [0.25, 0.3) is 0 Å². The van der Waals surface area contributed by atoms with Gasteiger partial charge in [0.05, 0.1) is 25.3 Å². The lowest BCUT2D eigenvalue weighted by atomic mass is 9.79. The SMILES string of the molecule is COc1ccccc1P(c1ccccc1OC)c1ccccc1C(C)C1CC(S)CC1C(C)P(c1cccc(C(F)(F)F)c1)c1cc(C)cc(C(F)(F)F)c1. The lowest BCUT2D eigenvalue weighted by Gasteiger charge is -2.37. The Balaban J connectivity index is 1.48. The first-order valence-corrected chi connectivity index (χ1v) is 21.4. The van der Waals surface area contributed by atoms with E-state index in [0.717, 1.165) is 63.7 Å². The summed E-state index contributed by atoms with van der Waals surface area (Å²) in [5.74, 6) is 1.47. The molecule has 6 unspecified atom stereocenters. The summed E-state index contributed by atoms with van der Waals surface area (Å²) < 4.78 is 96.8. The molecule has 1 aliphatic rings. The summed E-state index contributed by atoms with van der Waals surface area (Å²) >= 11 is 4.99. The van der Waals surface area contributed by atoms with Gasteiger partial charge in [0, 0.05) is 15.9 Å². The molecule has 6 rings (SSSR count). The number of halogens is 6. The van der Waals surface area contributed by atoms with Gasteiger partial charge in [-0.15, -0.1) is 0 Å². The van der Waals surface area contributed by atoms with Gasteiger partial charge >= 0.3 is 12.4 Å². The maximum Gasteiger partial charge on any atom is 0.416 e. The van der Waals surface area contributed by atoms with Gasteiger partial charge in [0.1, 0.15) is 11.5 Å². The summed E-state index contributed by atoms with van der Waals surface area (Å²) in [5, 5.41) is 4.02. The predicted molar refractivity (Wildman–Crippen MR) is 219 cm³/mol. The van der Waals surface area contributed by atoms with Crippen LogP contribution in [0.2, 0.25) is 0 Å². The van der Waals surface area contributed by atoms with Crippen LogP contribution in [0.4, 0.5) is 26.3 Å². The van der Waals surface area contributed by atoms with Crippen molar-refractivity contribution in [1.82, 2.24) is 0 Å². The molecule has 1 aliphatic carbocycles. The highest BCUT2D eigenvalue weighted by Crippen LogP contribution is 2.55. The molecule has 6 atom stereocenters. The smallest absolute Gasteiger partial charge is 0.416 e. The largest absolute Gasteiger partial charge is 0.496 e. The van der Waals surface area contributed by atoms with E-state index >= 15 is 0 Å². The van der Waals surface area contributed by atoms with Crippen LogP contribution in [0.25, 0.3) is 0 Å². The quantitative estimate of drug-likeness (QED) is 0.0814. The molecule has 1 fully saturated rings. The monoisotopic (exact) mass is 812 g/mol. The predicted octanol–water partition coefficient (Wildman–Crippen LogP) is 10.8. The zero-order valence-corrected chi connectivity index (χ0v) is 33.9. The first kappa shape index (κ1) is 41.1. The molecule has 11 heteroatoms. The van der Waals surface area contributed by atoms with Crippen molar-refractivity contribution in [3.63, 3.8) is 0 Å². The van der Waals surface area contributed by atoms with E-state index in [2.05, 4.69) is 31.2 Å². The Morgan fingerprint density at radius 1 is 0.618 bits per heavy atom. The maximum atomic E-state index is 14.2. The minimum atomic E-state index is -4.61. The van der Waals surface area contributed by atoms with E-state index in [4.69, 9.17) is 22.1 Å². The number of ether oxygens (including phenoxy) is 2. The lowest BCUT2D eigenvalue weighted by Crippen LogP contribution is -2.32. The fourth-order valence-corrected chi connectivity index (χ4v) is 14.6. The summed E-state index contributed by atoms with van der Waals surface area (Å²) in [7, 11) is 0.446. The Morgan fingerprint density at radius 3 is 1.73 bits per heavy atom. The van der Waals surface area contributed by atoms with Crippen LogP contribution in [0, 0.1) is 18.8 Å². The molecule has 0 aromatic heterocycles. The van der Waals surface area contributed by atoms with Crippen LogP contribution in [0.15, 0.2) is 115 Å². The van der Waals surface area contributed by atoms with Crippen molar-refractivity contribution in [2.75, 3.05) is 14.2 Å². The van der Waals surface area contributed by atoms with Gasteiger partial charge in [-0.25, -0.2) is 0 Å². The minimum absolute atomic E-state index is 0.0126. The number of para-hydroxylation sites is 2. The lowest BCUT2D eigenvalue weighted by molar-refractivity contribution is -0.138. The van der Waals surface area contributed by atoms with E-state index < -0.39 is 39.3 Å². The first-order valence-electron chi connectivity index (χ1n) is 18.1. The van der Waals surface area contributed by atoms with Crippen molar-refractivity contribution >= 4 is 55.0 Å². The molecular formula is C44H44F6O2P2S. The number of methoxy groups -OCH3 is 2. The third kappa shape index (κ3) is 8.90. The molecule has 55 heavy (non-hydrogen) atoms. The third-order valence-electron chi connectivity index (χ3n) is 10.7. The second-order valence-electron chi connectivity index (χ2n) is 14.2. The van der Waals surface area contributed by atoms with Crippen LogP contribution in [0.1, 0.15) is 54.9 Å². The van der Waals surface area contributed by atoms with E-state index in [1.807, 2.05) is 55.5 Å². The Morgan fingerprint density at radius 2 is 1.15 bits per heavy atom. The van der Waals surface area contributed by atoms with Crippen LogP contribution in [0.3, 0.4) is 0 Å². The van der Waals surface area contributed by atoms with Crippen molar-refractivity contribution in [3.8, 4) is 11.5 Å². The number of alkyl halides is 6. The molecule has 5 aromatic rings. The molecule has 5 aromatic carbocycles. The number of thiol groups is 1. The molecule has 0 radical (unpaired) electrons. The molecule has 0 saturated heterocycles. The second kappa shape index (κ2) is 16.9. The molecule has 0 heterocycles. The molecule has 2 nitrogen and oxygen atoms in total. The zero-order valence-electron chi connectivity index (χ0n) is 31.2. The Labute approximate surface area is 327 Å². The van der Waals surface area contributed by atoms with Gasteiger partial charge in [0.15, 0.2) is 0 Å². The normalized spacial score (nSPS) is 19.3. The summed E-state index contributed by atoms with van der Waals surface area (Å²) in [6.07, 6.45) is -7.77. The van der Waals surface area contributed by atoms with Gasteiger partial charge in [0.2, 0.25) is 0 Å². The number of hydrogen-bond donors (Lipinski definition) is 1. The van der Waals surface area contributed by atoms with Gasteiger partial charge < -0.3 is 9.47 Å². The molecule has 290 valence electrons. The molecule has 0 aliphatic heterocycles. The van der Waals surface area contributed by atoms with Crippen LogP contribution in [-0.2, 0) is 12.4 Å². The molecule has 0 spiro atoms. The van der Waals surface area contributed by atoms with Crippen LogP contribution in [0.5, 0.6) is 11.5 Å². The Kier molecular flexibility index (Phi) is 12.7. The first-order chi connectivity index (χ1) is 26.1. The Bertz CT molecular complexity index is 2060. The van der Waals surface area contributed by atoms with Crippen molar-refractivity contribution in [2.45, 2.75) is 62.8 Å². The summed E-state index contributed by atoms with van der Waals surface area (Å²) in [6.45, 7) is 5.82. The van der Waals surface area contributed by atoms with E-state index in [1.165, 1.54) is 6.07 Å². The fraction of sp³-hybridized carbons (Fsp3) is 0.318. The highest BCUT2D eigenvalue weighted by Gasteiger charge is 2.44. The molecular weight excluding hydrogens is 768 g/mol. The van der Waals surface area contributed by atoms with E-state index in [1.54, 1.807) is 33.3 Å². The van der Waals surface area contributed by atoms with Gasteiger partial charge in [-0.1, -0.05) is 92.7 Å². The number of aryl methyl sites for hydroxylation is 1. The van der Waals surface area contributed by atoms with E-state index in [9.17, 15) is 26.3 Å². The number of rotatable bonds is 11. The van der Waals surface area contributed by atoms with Crippen molar-refractivity contribution in [3.05, 3.63) is 138 Å². The average molecular weight is 813 g/mol. The molecule has 1 saturated carbocycles. The summed E-state index contributed by atoms with van der Waals surface area (Å²) in [5.41, 5.74) is -0.342. The van der Waals surface area contributed by atoms with Crippen LogP contribution in [-0.4, -0.2) is 25.1 Å².